The van der Waals surface area contributed by atoms with Crippen LogP contribution in [0.5, 0.6) is 11.5 Å². The van der Waals surface area contributed by atoms with Crippen LogP contribution >= 0.6 is 0 Å². The number of benzene rings is 3. The number of hydrogen-bond donors (Lipinski definition) is 2. The molecule has 0 saturated heterocycles. The van der Waals surface area contributed by atoms with Gasteiger partial charge in [-0.2, -0.15) is 0 Å². The Morgan fingerprint density at radius 1 is 0.618 bits per heavy atom. The van der Waals surface area contributed by atoms with Crippen LogP contribution < -0.4 is 9.47 Å². The Labute approximate surface area is 197 Å². The van der Waals surface area contributed by atoms with Crippen LogP contribution in [-0.2, 0) is 9.47 Å². The van der Waals surface area contributed by atoms with Gasteiger partial charge in [-0.1, -0.05) is 24.3 Å². The van der Waals surface area contributed by atoms with Gasteiger partial charge in [-0.3, -0.25) is 0 Å². The van der Waals surface area contributed by atoms with Crippen molar-refractivity contribution in [1.29, 1.82) is 0 Å². The van der Waals surface area contributed by atoms with Crippen molar-refractivity contribution in [3.8, 4) is 33.8 Å². The lowest BCUT2D eigenvalue weighted by molar-refractivity contribution is 0.0686. The van der Waals surface area contributed by atoms with Crippen LogP contribution in [0, 0.1) is 0 Å². The summed E-state index contributed by atoms with van der Waals surface area (Å²) < 4.78 is 22.2. The summed E-state index contributed by atoms with van der Waals surface area (Å²) in [5.41, 5.74) is 3.29. The Kier molecular flexibility index (Phi) is 8.61. The second-order valence-electron chi connectivity index (χ2n) is 7.29. The smallest absolute Gasteiger partial charge is 0.335 e. The molecule has 178 valence electrons. The van der Waals surface area contributed by atoms with Crippen molar-refractivity contribution in [3.05, 3.63) is 71.8 Å². The highest BCUT2D eigenvalue weighted by atomic mass is 16.5. The second kappa shape index (κ2) is 11.8. The Bertz CT molecular complexity index is 1030. The number of ether oxygens (including phenoxy) is 4. The highest BCUT2D eigenvalue weighted by Crippen LogP contribution is 2.41. The topological polar surface area (TPSA) is 112 Å². The lowest BCUT2D eigenvalue weighted by Crippen LogP contribution is -2.08. The molecular formula is C26H26O8. The predicted octanol–water partition coefficient (Wildman–Crippen LogP) is 4.47. The lowest BCUT2D eigenvalue weighted by atomic mass is 9.96. The van der Waals surface area contributed by atoms with Crippen molar-refractivity contribution in [2.45, 2.75) is 0 Å². The fourth-order valence-electron chi connectivity index (χ4n) is 3.30. The fraction of sp³-hybridized carbons (Fsp3) is 0.231. The first-order valence-corrected chi connectivity index (χ1v) is 10.5. The van der Waals surface area contributed by atoms with Gasteiger partial charge in [0.05, 0.1) is 24.3 Å². The molecule has 0 aliphatic carbocycles. The van der Waals surface area contributed by atoms with E-state index in [1.807, 2.05) is 12.1 Å². The number of aromatic carboxylic acids is 2. The fourth-order valence-corrected chi connectivity index (χ4v) is 3.30. The summed E-state index contributed by atoms with van der Waals surface area (Å²) >= 11 is 0. The molecule has 0 amide bonds. The Morgan fingerprint density at radius 3 is 1.26 bits per heavy atom. The van der Waals surface area contributed by atoms with Gasteiger partial charge in [0, 0.05) is 25.3 Å². The summed E-state index contributed by atoms with van der Waals surface area (Å²) in [6.07, 6.45) is 0. The van der Waals surface area contributed by atoms with E-state index in [-0.39, 0.29) is 11.1 Å². The van der Waals surface area contributed by atoms with E-state index in [4.69, 9.17) is 18.9 Å². The third kappa shape index (κ3) is 6.12. The van der Waals surface area contributed by atoms with Gasteiger partial charge in [0.1, 0.15) is 24.7 Å². The molecular weight excluding hydrogens is 440 g/mol. The summed E-state index contributed by atoms with van der Waals surface area (Å²) in [7, 11) is 3.16. The highest BCUT2D eigenvalue weighted by Gasteiger charge is 2.17. The minimum Gasteiger partial charge on any atom is -0.491 e. The van der Waals surface area contributed by atoms with E-state index in [1.54, 1.807) is 38.5 Å². The monoisotopic (exact) mass is 466 g/mol. The van der Waals surface area contributed by atoms with Crippen LogP contribution in [-0.4, -0.2) is 62.8 Å². The van der Waals surface area contributed by atoms with Gasteiger partial charge in [-0.05, 0) is 47.5 Å². The number of carboxylic acids is 2. The van der Waals surface area contributed by atoms with Crippen molar-refractivity contribution in [2.24, 2.45) is 0 Å². The first kappa shape index (κ1) is 24.8. The van der Waals surface area contributed by atoms with Gasteiger partial charge in [0.25, 0.3) is 0 Å². The van der Waals surface area contributed by atoms with Crippen LogP contribution in [0.4, 0.5) is 0 Å². The van der Waals surface area contributed by atoms with E-state index in [0.717, 1.165) is 11.1 Å². The van der Waals surface area contributed by atoms with Gasteiger partial charge in [-0.25, -0.2) is 9.59 Å². The maximum atomic E-state index is 11.3. The second-order valence-corrected chi connectivity index (χ2v) is 7.29. The zero-order valence-electron chi connectivity index (χ0n) is 18.9. The molecule has 0 saturated carbocycles. The number of rotatable bonds is 12. The van der Waals surface area contributed by atoms with E-state index in [2.05, 4.69) is 0 Å². The first-order valence-electron chi connectivity index (χ1n) is 10.5. The SMILES string of the molecule is COCCOc1cc(-c2ccc(C(=O)O)cc2)c(OCCOC)cc1-c1ccc(C(=O)O)cc1. The van der Waals surface area contributed by atoms with Crippen LogP contribution in [0.25, 0.3) is 22.3 Å². The highest BCUT2D eigenvalue weighted by molar-refractivity contribution is 5.90. The van der Waals surface area contributed by atoms with E-state index >= 15 is 0 Å². The standard InChI is InChI=1S/C26H26O8/c1-31-11-13-33-23-15-22(18-5-9-20(10-6-18)26(29)30)24(34-14-12-32-2)16-21(23)17-3-7-19(8-4-17)25(27)28/h3-10,15-16H,11-14H2,1-2H3,(H,27,28)(H,29,30). The van der Waals surface area contributed by atoms with Crippen molar-refractivity contribution in [1.82, 2.24) is 0 Å². The first-order chi connectivity index (χ1) is 16.4. The summed E-state index contributed by atoms with van der Waals surface area (Å²) in [6.45, 7) is 1.37. The maximum absolute atomic E-state index is 11.3. The normalized spacial score (nSPS) is 10.6. The molecule has 8 heteroatoms. The van der Waals surface area contributed by atoms with Gasteiger partial charge >= 0.3 is 11.9 Å². The largest absolute Gasteiger partial charge is 0.491 e. The van der Waals surface area contributed by atoms with Crippen molar-refractivity contribution < 1.29 is 38.7 Å². The van der Waals surface area contributed by atoms with Crippen molar-refractivity contribution in [3.63, 3.8) is 0 Å². The average molecular weight is 466 g/mol. The van der Waals surface area contributed by atoms with Crippen LogP contribution in [0.3, 0.4) is 0 Å². The molecule has 0 aliphatic rings. The summed E-state index contributed by atoms with van der Waals surface area (Å²) in [4.78, 5) is 22.5. The molecule has 0 spiro atoms. The molecule has 0 radical (unpaired) electrons. The third-order valence-electron chi connectivity index (χ3n) is 5.06. The molecule has 3 aromatic carbocycles. The van der Waals surface area contributed by atoms with E-state index < -0.39 is 11.9 Å². The maximum Gasteiger partial charge on any atom is 0.335 e. The molecule has 2 N–H and O–H groups in total. The zero-order valence-corrected chi connectivity index (χ0v) is 18.9. The molecule has 0 aromatic heterocycles. The van der Waals surface area contributed by atoms with E-state index in [9.17, 15) is 19.8 Å². The number of carboxylic acid groups (broad SMARTS) is 2. The Balaban J connectivity index is 2.11. The van der Waals surface area contributed by atoms with Gasteiger partial charge < -0.3 is 29.2 Å². The molecule has 0 bridgehead atoms. The van der Waals surface area contributed by atoms with Crippen LogP contribution in [0.1, 0.15) is 20.7 Å². The predicted molar refractivity (Wildman–Crippen MR) is 126 cm³/mol. The lowest BCUT2D eigenvalue weighted by Gasteiger charge is -2.18. The minimum absolute atomic E-state index is 0.178. The quantitative estimate of drug-likeness (QED) is 0.376. The molecule has 0 aliphatic heterocycles. The van der Waals surface area contributed by atoms with Gasteiger partial charge in [0.15, 0.2) is 0 Å². The van der Waals surface area contributed by atoms with Crippen molar-refractivity contribution in [2.75, 3.05) is 40.6 Å². The van der Waals surface area contributed by atoms with Crippen LogP contribution in [0.2, 0.25) is 0 Å². The number of carbonyl (C=O) groups is 2. The number of methoxy groups -OCH3 is 2. The molecule has 0 atom stereocenters. The average Bonchev–Trinajstić information content (AvgIpc) is 2.85. The summed E-state index contributed by atoms with van der Waals surface area (Å²) in [5.74, 6) is -0.910. The minimum atomic E-state index is -1.01. The molecule has 8 nitrogen and oxygen atoms in total. The Hall–Kier alpha value is -3.88. The van der Waals surface area contributed by atoms with Crippen molar-refractivity contribution >= 4 is 11.9 Å². The molecule has 0 heterocycles. The molecule has 0 unspecified atom stereocenters. The Morgan fingerprint density at radius 2 is 0.971 bits per heavy atom. The third-order valence-corrected chi connectivity index (χ3v) is 5.06. The molecule has 3 aromatic rings. The molecule has 34 heavy (non-hydrogen) atoms. The van der Waals surface area contributed by atoms with Crippen LogP contribution in [0.15, 0.2) is 60.7 Å². The molecule has 0 fully saturated rings. The molecule has 3 rings (SSSR count). The zero-order chi connectivity index (χ0) is 24.5. The summed E-state index contributed by atoms with van der Waals surface area (Å²) in [5, 5.41) is 18.4. The summed E-state index contributed by atoms with van der Waals surface area (Å²) in [6, 6.07) is 16.6. The van der Waals surface area contributed by atoms with E-state index in [0.29, 0.717) is 49.1 Å². The van der Waals surface area contributed by atoms with E-state index in [1.165, 1.54) is 24.3 Å². The van der Waals surface area contributed by atoms with Gasteiger partial charge in [0.2, 0.25) is 0 Å². The number of hydrogen-bond acceptors (Lipinski definition) is 6. The van der Waals surface area contributed by atoms with Gasteiger partial charge in [-0.15, -0.1) is 0 Å².